The number of Topliss-reactive ketones (excluding diaryl/α,β-unsaturated/α-hetero) is 1. The van der Waals surface area contributed by atoms with Crippen molar-refractivity contribution in [3.05, 3.63) is 77.5 Å². The highest BCUT2D eigenvalue weighted by molar-refractivity contribution is 6.34. The zero-order valence-electron chi connectivity index (χ0n) is 24.5. The highest BCUT2D eigenvalue weighted by Gasteiger charge is 2.28. The van der Waals surface area contributed by atoms with Gasteiger partial charge in [0.1, 0.15) is 11.6 Å². The van der Waals surface area contributed by atoms with E-state index in [1.165, 1.54) is 6.07 Å². The maximum atomic E-state index is 14.2. The van der Waals surface area contributed by atoms with Gasteiger partial charge < -0.3 is 10.2 Å². The number of nitrogens with zero attached hydrogens (tertiary/aromatic N) is 5. The molecule has 1 N–H and O–H groups in total. The second-order valence-electron chi connectivity index (χ2n) is 11.2. The SMILES string of the molecule is CC[C@@H](C)CCC(C(C)=O)N1CCN(c2ncc(-c3ccc4ncc(Cl)c(NCc5ccccc5F)c4c3)cn2)CC1. The summed E-state index contributed by atoms with van der Waals surface area (Å²) < 4.78 is 14.2. The first-order valence-electron chi connectivity index (χ1n) is 14.7. The molecule has 7 nitrogen and oxygen atoms in total. The average molecular weight is 589 g/mol. The number of carbonyl (C=O) groups is 1. The van der Waals surface area contributed by atoms with Gasteiger partial charge in [0.15, 0.2) is 0 Å². The monoisotopic (exact) mass is 588 g/mol. The molecule has 2 atom stereocenters. The Morgan fingerprint density at radius 1 is 1.00 bits per heavy atom. The summed E-state index contributed by atoms with van der Waals surface area (Å²) in [6.45, 7) is 9.67. The molecule has 2 aromatic carbocycles. The van der Waals surface area contributed by atoms with Gasteiger partial charge in [-0.3, -0.25) is 14.7 Å². The minimum absolute atomic E-state index is 0.00793. The number of hydrogen-bond acceptors (Lipinski definition) is 7. The third kappa shape index (κ3) is 6.88. The smallest absolute Gasteiger partial charge is 0.225 e. The van der Waals surface area contributed by atoms with Gasteiger partial charge in [0, 0.05) is 67.8 Å². The van der Waals surface area contributed by atoms with Crippen molar-refractivity contribution >= 4 is 39.9 Å². The first-order valence-corrected chi connectivity index (χ1v) is 15.1. The Bertz CT molecular complexity index is 1520. The molecule has 0 aliphatic carbocycles. The van der Waals surface area contributed by atoms with Gasteiger partial charge in [-0.25, -0.2) is 14.4 Å². The van der Waals surface area contributed by atoms with E-state index in [-0.39, 0.29) is 17.6 Å². The average Bonchev–Trinajstić information content (AvgIpc) is 3.01. The van der Waals surface area contributed by atoms with Gasteiger partial charge in [-0.05, 0) is 49.4 Å². The lowest BCUT2D eigenvalue weighted by Crippen LogP contribution is -2.52. The van der Waals surface area contributed by atoms with Gasteiger partial charge in [0.05, 0.1) is 22.3 Å². The Morgan fingerprint density at radius 3 is 2.43 bits per heavy atom. The predicted octanol–water partition coefficient (Wildman–Crippen LogP) is 7.00. The lowest BCUT2D eigenvalue weighted by molar-refractivity contribution is -0.122. The van der Waals surface area contributed by atoms with Crippen LogP contribution in [0, 0.1) is 11.7 Å². The van der Waals surface area contributed by atoms with Gasteiger partial charge in [-0.2, -0.15) is 0 Å². The maximum Gasteiger partial charge on any atom is 0.225 e. The Hall–Kier alpha value is -3.62. The molecule has 5 rings (SSSR count). The van der Waals surface area contributed by atoms with Crippen molar-refractivity contribution in [2.45, 2.75) is 52.6 Å². The molecule has 1 unspecified atom stereocenters. The lowest BCUT2D eigenvalue weighted by Gasteiger charge is -2.38. The van der Waals surface area contributed by atoms with E-state index in [1.54, 1.807) is 25.3 Å². The van der Waals surface area contributed by atoms with Crippen LogP contribution in [-0.4, -0.2) is 57.9 Å². The zero-order valence-corrected chi connectivity index (χ0v) is 25.2. The van der Waals surface area contributed by atoms with Gasteiger partial charge in [-0.1, -0.05) is 56.1 Å². The Labute approximate surface area is 252 Å². The van der Waals surface area contributed by atoms with Crippen molar-refractivity contribution in [1.29, 1.82) is 0 Å². The number of hydrogen-bond donors (Lipinski definition) is 1. The molecule has 1 fully saturated rings. The number of rotatable bonds is 11. The zero-order chi connectivity index (χ0) is 29.6. The number of ketones is 1. The molecule has 2 aromatic heterocycles. The number of benzene rings is 2. The topological polar surface area (TPSA) is 74.2 Å². The largest absolute Gasteiger partial charge is 0.379 e. The van der Waals surface area contributed by atoms with E-state index in [1.807, 2.05) is 36.7 Å². The van der Waals surface area contributed by atoms with E-state index in [9.17, 15) is 9.18 Å². The van der Waals surface area contributed by atoms with Crippen molar-refractivity contribution in [3.8, 4) is 11.1 Å². The van der Waals surface area contributed by atoms with Gasteiger partial charge in [-0.15, -0.1) is 0 Å². The molecule has 0 radical (unpaired) electrons. The second-order valence-corrected chi connectivity index (χ2v) is 11.6. The maximum absolute atomic E-state index is 14.2. The molecular formula is C33H38ClFN6O. The summed E-state index contributed by atoms with van der Waals surface area (Å²) in [7, 11) is 0. The Balaban J connectivity index is 1.28. The first-order chi connectivity index (χ1) is 20.3. The fourth-order valence-electron chi connectivity index (χ4n) is 5.51. The highest BCUT2D eigenvalue weighted by atomic mass is 35.5. The summed E-state index contributed by atoms with van der Waals surface area (Å²) in [5, 5.41) is 4.61. The molecule has 9 heteroatoms. The number of anilines is 2. The van der Waals surface area contributed by atoms with Crippen LogP contribution >= 0.6 is 11.6 Å². The number of aromatic nitrogens is 3. The summed E-state index contributed by atoms with van der Waals surface area (Å²) in [6.07, 6.45) is 8.42. The van der Waals surface area contributed by atoms with Crippen molar-refractivity contribution in [2.75, 3.05) is 36.4 Å². The quantitative estimate of drug-likeness (QED) is 0.202. The number of carbonyl (C=O) groups excluding carboxylic acids is 1. The summed E-state index contributed by atoms with van der Waals surface area (Å²) in [4.78, 5) is 30.7. The molecule has 42 heavy (non-hydrogen) atoms. The summed E-state index contributed by atoms with van der Waals surface area (Å²) in [5.74, 6) is 1.32. The Kier molecular flexibility index (Phi) is 9.65. The lowest BCUT2D eigenvalue weighted by atomic mass is 9.96. The van der Waals surface area contributed by atoms with Crippen LogP contribution in [0.2, 0.25) is 5.02 Å². The van der Waals surface area contributed by atoms with E-state index in [4.69, 9.17) is 21.6 Å². The van der Waals surface area contributed by atoms with E-state index in [0.717, 1.165) is 67.5 Å². The van der Waals surface area contributed by atoms with Crippen molar-refractivity contribution < 1.29 is 9.18 Å². The van der Waals surface area contributed by atoms with E-state index in [0.29, 0.717) is 34.7 Å². The van der Waals surface area contributed by atoms with Crippen LogP contribution in [0.25, 0.3) is 22.0 Å². The fraction of sp³-hybridized carbons (Fsp3) is 0.394. The third-order valence-corrected chi connectivity index (χ3v) is 8.63. The molecule has 1 aliphatic heterocycles. The molecule has 4 aromatic rings. The minimum atomic E-state index is -0.265. The van der Waals surface area contributed by atoms with E-state index >= 15 is 0 Å². The van der Waals surface area contributed by atoms with E-state index in [2.05, 4.69) is 33.9 Å². The van der Waals surface area contributed by atoms with Crippen LogP contribution in [0.5, 0.6) is 0 Å². The van der Waals surface area contributed by atoms with Crippen LogP contribution in [-0.2, 0) is 11.3 Å². The molecule has 1 aliphatic rings. The van der Waals surface area contributed by atoms with E-state index < -0.39 is 0 Å². The number of piperazine rings is 1. The third-order valence-electron chi connectivity index (χ3n) is 8.34. The van der Waals surface area contributed by atoms with Crippen LogP contribution in [0.4, 0.5) is 16.0 Å². The molecule has 3 heterocycles. The summed E-state index contributed by atoms with van der Waals surface area (Å²) >= 11 is 6.53. The molecule has 0 saturated carbocycles. The van der Waals surface area contributed by atoms with Crippen LogP contribution in [0.1, 0.15) is 45.6 Å². The van der Waals surface area contributed by atoms with Crippen LogP contribution in [0.3, 0.4) is 0 Å². The van der Waals surface area contributed by atoms with Crippen molar-refractivity contribution in [3.63, 3.8) is 0 Å². The number of halogens is 2. The summed E-state index contributed by atoms with van der Waals surface area (Å²) in [6, 6.07) is 12.6. The molecule has 0 spiro atoms. The minimum Gasteiger partial charge on any atom is -0.379 e. The highest BCUT2D eigenvalue weighted by Crippen LogP contribution is 2.33. The van der Waals surface area contributed by atoms with Crippen LogP contribution in [0.15, 0.2) is 61.1 Å². The van der Waals surface area contributed by atoms with Gasteiger partial charge >= 0.3 is 0 Å². The molecule has 1 saturated heterocycles. The second kappa shape index (κ2) is 13.6. The fourth-order valence-corrected chi connectivity index (χ4v) is 5.73. The molecular weight excluding hydrogens is 551 g/mol. The molecule has 220 valence electrons. The predicted molar refractivity (Wildman–Crippen MR) is 168 cm³/mol. The standard InChI is InChI=1S/C33H38ClFN6O/c1-4-22(2)9-12-31(23(3)42)40-13-15-41(16-14-40)33-38-19-26(20-39-33)24-10-11-30-27(17-24)32(28(34)21-36-30)37-18-25-7-5-6-8-29(25)35/h5-8,10-11,17,19-22,31H,4,9,12-16,18H2,1-3H3,(H,36,37)/t22-,31?/m1/s1. The first kappa shape index (κ1) is 29.9. The molecule has 0 amide bonds. The molecule has 0 bridgehead atoms. The Morgan fingerprint density at radius 2 is 1.74 bits per heavy atom. The van der Waals surface area contributed by atoms with Crippen molar-refractivity contribution in [1.82, 2.24) is 19.9 Å². The van der Waals surface area contributed by atoms with Crippen molar-refractivity contribution in [2.24, 2.45) is 5.92 Å². The van der Waals surface area contributed by atoms with Gasteiger partial charge in [0.25, 0.3) is 0 Å². The number of pyridine rings is 1. The number of nitrogens with one attached hydrogen (secondary N) is 1. The van der Waals surface area contributed by atoms with Crippen LogP contribution < -0.4 is 10.2 Å². The normalized spacial score (nSPS) is 15.5. The summed E-state index contributed by atoms with van der Waals surface area (Å²) in [5.41, 5.74) is 3.85. The van der Waals surface area contributed by atoms with Gasteiger partial charge in [0.2, 0.25) is 5.95 Å². The number of fused-ring (bicyclic) bond motifs is 1.